The molecule has 0 atom stereocenters. The predicted molar refractivity (Wildman–Crippen MR) is 98.6 cm³/mol. The Bertz CT molecular complexity index is 1010. The van der Waals surface area contributed by atoms with Gasteiger partial charge < -0.3 is 15.0 Å². The second-order valence-electron chi connectivity index (χ2n) is 6.00. The molecular weight excluding hydrogens is 349 g/mol. The number of rotatable bonds is 4. The number of halogens is 1. The number of hydrogen-bond acceptors (Lipinski definition) is 6. The summed E-state index contributed by atoms with van der Waals surface area (Å²) in [4.78, 5) is 25.1. The highest BCUT2D eigenvalue weighted by Crippen LogP contribution is 2.39. The van der Waals surface area contributed by atoms with Crippen molar-refractivity contribution >= 4 is 23.6 Å². The molecule has 0 saturated heterocycles. The number of nitrogens with zero attached hydrogens (tertiary/aromatic N) is 4. The van der Waals surface area contributed by atoms with Crippen molar-refractivity contribution in [2.24, 2.45) is 0 Å². The number of aryl methyl sites for hydroxylation is 1. The Kier molecular flexibility index (Phi) is 4.37. The fourth-order valence-corrected chi connectivity index (χ4v) is 3.00. The van der Waals surface area contributed by atoms with E-state index in [0.717, 1.165) is 11.4 Å². The summed E-state index contributed by atoms with van der Waals surface area (Å²) < 4.78 is 19.9. The smallest absolute Gasteiger partial charge is 0.212 e. The summed E-state index contributed by atoms with van der Waals surface area (Å²) >= 11 is 0. The number of amides is 1. The molecule has 1 N–H and O–H groups in total. The molecule has 3 aromatic rings. The van der Waals surface area contributed by atoms with Gasteiger partial charge in [-0.1, -0.05) is 0 Å². The highest BCUT2D eigenvalue weighted by Gasteiger charge is 2.22. The monoisotopic (exact) mass is 365 g/mol. The summed E-state index contributed by atoms with van der Waals surface area (Å²) in [5.74, 6) is 0.622. The van der Waals surface area contributed by atoms with Crippen molar-refractivity contribution < 1.29 is 13.9 Å². The zero-order valence-corrected chi connectivity index (χ0v) is 14.5. The number of carbonyl (C=O) groups excluding carboxylic acids is 1. The van der Waals surface area contributed by atoms with Gasteiger partial charge in [0.2, 0.25) is 6.41 Å². The molecule has 0 aromatic carbocycles. The van der Waals surface area contributed by atoms with Crippen molar-refractivity contribution in [3.05, 3.63) is 54.4 Å². The van der Waals surface area contributed by atoms with Gasteiger partial charge in [0.15, 0.2) is 11.6 Å². The van der Waals surface area contributed by atoms with Gasteiger partial charge in [-0.3, -0.25) is 14.8 Å². The first-order chi connectivity index (χ1) is 13.2. The molecule has 4 heterocycles. The lowest BCUT2D eigenvalue weighted by Gasteiger charge is -2.31. The highest BCUT2D eigenvalue weighted by molar-refractivity contribution is 5.77. The predicted octanol–water partition coefficient (Wildman–Crippen LogP) is 3.08. The first-order valence-electron chi connectivity index (χ1n) is 8.35. The quantitative estimate of drug-likeness (QED) is 0.716. The average molecular weight is 365 g/mol. The van der Waals surface area contributed by atoms with Crippen LogP contribution in [-0.2, 0) is 4.79 Å². The molecule has 0 saturated carbocycles. The first-order valence-corrected chi connectivity index (χ1v) is 8.35. The molecule has 0 unspecified atom stereocenters. The van der Waals surface area contributed by atoms with E-state index >= 15 is 0 Å². The summed E-state index contributed by atoms with van der Waals surface area (Å²) in [7, 11) is 0. The van der Waals surface area contributed by atoms with Gasteiger partial charge in [0.05, 0.1) is 30.3 Å². The molecule has 3 aromatic heterocycles. The van der Waals surface area contributed by atoms with Crippen LogP contribution in [0.25, 0.3) is 11.3 Å². The Morgan fingerprint density at radius 3 is 2.96 bits per heavy atom. The molecule has 0 fully saturated rings. The van der Waals surface area contributed by atoms with Crippen LogP contribution < -0.4 is 15.0 Å². The molecule has 7 nitrogen and oxygen atoms in total. The lowest BCUT2D eigenvalue weighted by atomic mass is 10.1. The van der Waals surface area contributed by atoms with E-state index in [1.165, 1.54) is 6.20 Å². The Labute approximate surface area is 154 Å². The Balaban J connectivity index is 1.79. The van der Waals surface area contributed by atoms with Crippen LogP contribution in [0.1, 0.15) is 5.69 Å². The number of hydrogen-bond donors (Lipinski definition) is 1. The largest absolute Gasteiger partial charge is 0.488 e. The van der Waals surface area contributed by atoms with E-state index in [4.69, 9.17) is 4.74 Å². The van der Waals surface area contributed by atoms with Crippen LogP contribution >= 0.6 is 0 Å². The Morgan fingerprint density at radius 1 is 1.22 bits per heavy atom. The van der Waals surface area contributed by atoms with Crippen LogP contribution in [0.4, 0.5) is 21.6 Å². The van der Waals surface area contributed by atoms with Crippen LogP contribution in [0, 0.1) is 12.7 Å². The summed E-state index contributed by atoms with van der Waals surface area (Å²) in [6.45, 7) is 2.88. The van der Waals surface area contributed by atoms with Crippen LogP contribution in [0.3, 0.4) is 0 Å². The van der Waals surface area contributed by atoms with E-state index in [-0.39, 0.29) is 0 Å². The summed E-state index contributed by atoms with van der Waals surface area (Å²) in [5.41, 5.74) is 3.19. The third-order valence-electron chi connectivity index (χ3n) is 4.24. The van der Waals surface area contributed by atoms with Gasteiger partial charge in [-0.2, -0.15) is 0 Å². The average Bonchev–Trinajstić information content (AvgIpc) is 2.69. The van der Waals surface area contributed by atoms with Gasteiger partial charge >= 0.3 is 0 Å². The lowest BCUT2D eigenvalue weighted by Crippen LogP contribution is -2.28. The number of aromatic nitrogens is 3. The molecular formula is C19H16FN5O2. The van der Waals surface area contributed by atoms with E-state index in [1.807, 2.05) is 11.0 Å². The van der Waals surface area contributed by atoms with E-state index in [1.54, 1.807) is 37.5 Å². The topological polar surface area (TPSA) is 80.2 Å². The van der Waals surface area contributed by atoms with E-state index in [2.05, 4.69) is 20.3 Å². The molecule has 136 valence electrons. The molecule has 0 aliphatic carbocycles. The van der Waals surface area contributed by atoms with Gasteiger partial charge in [0.25, 0.3) is 0 Å². The number of nitrogens with one attached hydrogen (secondary N) is 1. The maximum atomic E-state index is 14.2. The molecule has 8 heteroatoms. The number of carbonyl (C=O) groups is 1. The van der Waals surface area contributed by atoms with Gasteiger partial charge in [0, 0.05) is 29.2 Å². The van der Waals surface area contributed by atoms with Crippen molar-refractivity contribution in [1.82, 2.24) is 15.0 Å². The first kappa shape index (κ1) is 16.9. The summed E-state index contributed by atoms with van der Waals surface area (Å²) in [5, 5.41) is 2.54. The number of ether oxygens (including phenoxy) is 1. The molecule has 1 aliphatic rings. The van der Waals surface area contributed by atoms with Crippen molar-refractivity contribution in [2.75, 3.05) is 23.4 Å². The molecule has 4 rings (SSSR count). The van der Waals surface area contributed by atoms with Crippen molar-refractivity contribution in [2.45, 2.75) is 6.92 Å². The van der Waals surface area contributed by atoms with Gasteiger partial charge in [-0.15, -0.1) is 0 Å². The summed E-state index contributed by atoms with van der Waals surface area (Å²) in [6, 6.07) is 7.05. The maximum absolute atomic E-state index is 14.2. The van der Waals surface area contributed by atoms with Gasteiger partial charge in [-0.25, -0.2) is 9.37 Å². The van der Waals surface area contributed by atoms with Crippen molar-refractivity contribution in [1.29, 1.82) is 0 Å². The number of pyridine rings is 3. The van der Waals surface area contributed by atoms with Crippen LogP contribution in [0.5, 0.6) is 5.75 Å². The third kappa shape index (κ3) is 3.29. The number of fused-ring (bicyclic) bond motifs is 1. The van der Waals surface area contributed by atoms with E-state index < -0.39 is 5.82 Å². The van der Waals surface area contributed by atoms with Crippen LogP contribution in [-0.4, -0.2) is 34.5 Å². The second kappa shape index (κ2) is 6.99. The van der Waals surface area contributed by atoms with Gasteiger partial charge in [0.1, 0.15) is 12.4 Å². The highest BCUT2D eigenvalue weighted by atomic mass is 19.1. The summed E-state index contributed by atoms with van der Waals surface area (Å²) in [6.07, 6.45) is 4.98. The minimum atomic E-state index is -0.433. The fourth-order valence-electron chi connectivity index (χ4n) is 3.00. The SMILES string of the molecule is Cc1cc(-c2cc3c(cn2)OCCN3c2ccnc(NC=O)c2)c(F)cn1. The third-order valence-corrected chi connectivity index (χ3v) is 4.24. The lowest BCUT2D eigenvalue weighted by molar-refractivity contribution is -0.105. The Morgan fingerprint density at radius 2 is 2.11 bits per heavy atom. The standard InChI is InChI=1S/C19H16FN5O2/c1-12-6-14(15(20)9-22-12)16-8-17-18(10-23-16)27-5-4-25(17)13-2-3-21-19(7-13)24-11-26/h2-3,6-11H,4-5H2,1H3,(H,21,24,26). The van der Waals surface area contributed by atoms with Crippen molar-refractivity contribution in [3.63, 3.8) is 0 Å². The minimum absolute atomic E-state index is 0.383. The van der Waals surface area contributed by atoms with Gasteiger partial charge in [-0.05, 0) is 25.1 Å². The molecule has 27 heavy (non-hydrogen) atoms. The van der Waals surface area contributed by atoms with Crippen LogP contribution in [0.2, 0.25) is 0 Å². The molecule has 0 bridgehead atoms. The van der Waals surface area contributed by atoms with Crippen LogP contribution in [0.15, 0.2) is 42.9 Å². The van der Waals surface area contributed by atoms with E-state index in [0.29, 0.717) is 48.1 Å². The zero-order valence-electron chi connectivity index (χ0n) is 14.5. The normalized spacial score (nSPS) is 12.9. The molecule has 0 radical (unpaired) electrons. The maximum Gasteiger partial charge on any atom is 0.212 e. The fraction of sp³-hybridized carbons (Fsp3) is 0.158. The molecule has 0 spiro atoms. The molecule has 1 aliphatic heterocycles. The van der Waals surface area contributed by atoms with E-state index in [9.17, 15) is 9.18 Å². The number of anilines is 3. The Hall–Kier alpha value is -3.55. The van der Waals surface area contributed by atoms with Crippen molar-refractivity contribution in [3.8, 4) is 17.0 Å². The molecule has 1 amide bonds. The zero-order chi connectivity index (χ0) is 18.8. The minimum Gasteiger partial charge on any atom is -0.488 e. The second-order valence-corrected chi connectivity index (χ2v) is 6.00.